The number of benzene rings is 1. The van der Waals surface area contributed by atoms with E-state index in [1.807, 2.05) is 0 Å². The number of rotatable bonds is 8. The fourth-order valence-corrected chi connectivity index (χ4v) is 4.24. The average molecular weight is 472 g/mol. The second kappa shape index (κ2) is 10.1. The number of aromatic amines is 1. The molecule has 0 saturated carbocycles. The Morgan fingerprint density at radius 2 is 1.94 bits per heavy atom. The van der Waals surface area contributed by atoms with E-state index in [9.17, 15) is 14.7 Å². The van der Waals surface area contributed by atoms with Crippen molar-refractivity contribution >= 4 is 28.4 Å². The number of anilines is 1. The van der Waals surface area contributed by atoms with Gasteiger partial charge in [0.15, 0.2) is 11.6 Å². The average Bonchev–Trinajstić information content (AvgIpc) is 3.35. The Kier molecular flexibility index (Phi) is 6.60. The van der Waals surface area contributed by atoms with Crippen molar-refractivity contribution in [2.24, 2.45) is 0 Å². The molecular weight excluding hydrogens is 446 g/mol. The van der Waals surface area contributed by atoms with Crippen LogP contribution in [0.1, 0.15) is 44.8 Å². The number of hydrogen-bond acceptors (Lipinski definition) is 8. The van der Waals surface area contributed by atoms with Crippen LogP contribution in [0.25, 0.3) is 11.0 Å². The third kappa shape index (κ3) is 4.96. The third-order valence-electron chi connectivity index (χ3n) is 6.16. The standard InChI is InChI=1S/C26H25N5O4/c32-13-19-9-8-18(14-35-19)31-26-23-20(12-28-25(23)29-15-30-26)24(34)17-6-4-16(5-7-17)11-22(33)21-3-1-2-10-27-21/h1-7,10,12,15,18-19,32H,8-9,11,13-14H2,(H2,28,29,30,31). The molecule has 3 N–H and O–H groups in total. The Hall–Kier alpha value is -3.95. The number of nitrogens with zero attached hydrogens (tertiary/aromatic N) is 3. The van der Waals surface area contributed by atoms with Gasteiger partial charge >= 0.3 is 0 Å². The van der Waals surface area contributed by atoms with Crippen LogP contribution in [0.5, 0.6) is 0 Å². The van der Waals surface area contributed by atoms with Crippen molar-refractivity contribution in [2.75, 3.05) is 18.5 Å². The lowest BCUT2D eigenvalue weighted by Crippen LogP contribution is -2.36. The highest BCUT2D eigenvalue weighted by molar-refractivity contribution is 6.18. The van der Waals surface area contributed by atoms with Crippen LogP contribution < -0.4 is 5.32 Å². The normalized spacial score (nSPS) is 17.9. The number of Topliss-reactive ketones (excluding diaryl/α,β-unsaturated/α-hetero) is 1. The minimum atomic E-state index is -0.169. The first-order valence-electron chi connectivity index (χ1n) is 11.5. The van der Waals surface area contributed by atoms with Crippen LogP contribution in [-0.2, 0) is 11.2 Å². The van der Waals surface area contributed by atoms with Gasteiger partial charge < -0.3 is 20.1 Å². The lowest BCUT2D eigenvalue weighted by molar-refractivity contribution is -0.0224. The maximum absolute atomic E-state index is 13.4. The van der Waals surface area contributed by atoms with Gasteiger partial charge in [-0.3, -0.25) is 14.6 Å². The van der Waals surface area contributed by atoms with Gasteiger partial charge in [-0.25, -0.2) is 9.97 Å². The summed E-state index contributed by atoms with van der Waals surface area (Å²) in [7, 11) is 0. The van der Waals surface area contributed by atoms with Crippen molar-refractivity contribution in [1.82, 2.24) is 19.9 Å². The molecule has 9 heteroatoms. The molecule has 0 radical (unpaired) electrons. The molecule has 0 bridgehead atoms. The summed E-state index contributed by atoms with van der Waals surface area (Å²) in [6, 6.07) is 12.3. The second-order valence-electron chi connectivity index (χ2n) is 8.55. The molecule has 3 aromatic heterocycles. The van der Waals surface area contributed by atoms with Gasteiger partial charge in [0.1, 0.15) is 23.5 Å². The zero-order chi connectivity index (χ0) is 24.2. The number of aliphatic hydroxyl groups is 1. The molecular formula is C26H25N5O4. The number of carbonyl (C=O) groups excluding carboxylic acids is 2. The largest absolute Gasteiger partial charge is 0.394 e. The molecule has 4 heterocycles. The van der Waals surface area contributed by atoms with Crippen molar-refractivity contribution < 1.29 is 19.4 Å². The smallest absolute Gasteiger partial charge is 0.195 e. The van der Waals surface area contributed by atoms with Crippen LogP contribution >= 0.6 is 0 Å². The highest BCUT2D eigenvalue weighted by Gasteiger charge is 2.24. The van der Waals surface area contributed by atoms with Gasteiger partial charge in [0.05, 0.1) is 36.3 Å². The van der Waals surface area contributed by atoms with Crippen LogP contribution in [-0.4, -0.2) is 62.0 Å². The Bertz CT molecular complexity index is 1330. The van der Waals surface area contributed by atoms with Crippen molar-refractivity contribution in [2.45, 2.75) is 31.4 Å². The minimum absolute atomic E-state index is 0.0109. The van der Waals surface area contributed by atoms with E-state index in [1.165, 1.54) is 6.33 Å². The molecule has 5 rings (SSSR count). The van der Waals surface area contributed by atoms with E-state index in [1.54, 1.807) is 54.9 Å². The molecule has 2 unspecified atom stereocenters. The molecule has 9 nitrogen and oxygen atoms in total. The summed E-state index contributed by atoms with van der Waals surface area (Å²) >= 11 is 0. The number of ether oxygens (including phenoxy) is 1. The van der Waals surface area contributed by atoms with Gasteiger partial charge in [0, 0.05) is 24.4 Å². The first-order chi connectivity index (χ1) is 17.1. The molecule has 1 aliphatic heterocycles. The first kappa shape index (κ1) is 22.8. The molecule has 1 saturated heterocycles. The Labute approximate surface area is 201 Å². The number of aliphatic hydroxyl groups excluding tert-OH is 1. The van der Waals surface area contributed by atoms with Crippen LogP contribution in [0.15, 0.2) is 61.2 Å². The van der Waals surface area contributed by atoms with Crippen molar-refractivity contribution in [3.05, 3.63) is 83.6 Å². The lowest BCUT2D eigenvalue weighted by Gasteiger charge is -2.29. The number of fused-ring (bicyclic) bond motifs is 1. The molecule has 1 aromatic carbocycles. The van der Waals surface area contributed by atoms with Crippen LogP contribution in [0.2, 0.25) is 0 Å². The van der Waals surface area contributed by atoms with Crippen LogP contribution in [0.3, 0.4) is 0 Å². The Morgan fingerprint density at radius 3 is 2.66 bits per heavy atom. The van der Waals surface area contributed by atoms with E-state index < -0.39 is 0 Å². The van der Waals surface area contributed by atoms with Gasteiger partial charge in [-0.1, -0.05) is 30.3 Å². The molecule has 2 atom stereocenters. The topological polar surface area (TPSA) is 130 Å². The van der Waals surface area contributed by atoms with Gasteiger partial charge in [-0.15, -0.1) is 0 Å². The minimum Gasteiger partial charge on any atom is -0.394 e. The predicted molar refractivity (Wildman–Crippen MR) is 130 cm³/mol. The summed E-state index contributed by atoms with van der Waals surface area (Å²) < 4.78 is 5.66. The quantitative estimate of drug-likeness (QED) is 0.335. The Morgan fingerprint density at radius 1 is 1.09 bits per heavy atom. The van der Waals surface area contributed by atoms with Gasteiger partial charge in [0.2, 0.25) is 0 Å². The van der Waals surface area contributed by atoms with E-state index in [0.717, 1.165) is 18.4 Å². The van der Waals surface area contributed by atoms with Crippen LogP contribution in [0, 0.1) is 0 Å². The van der Waals surface area contributed by atoms with Gasteiger partial charge in [-0.05, 0) is 30.5 Å². The van der Waals surface area contributed by atoms with Gasteiger partial charge in [0.25, 0.3) is 0 Å². The van der Waals surface area contributed by atoms with E-state index in [2.05, 4.69) is 25.3 Å². The zero-order valence-electron chi connectivity index (χ0n) is 19.0. The maximum atomic E-state index is 13.4. The number of H-pyrrole nitrogens is 1. The fraction of sp³-hybridized carbons (Fsp3) is 0.269. The summed E-state index contributed by atoms with van der Waals surface area (Å²) in [6.07, 6.45) is 6.33. The molecule has 0 spiro atoms. The summed E-state index contributed by atoms with van der Waals surface area (Å²) in [6.45, 7) is 0.458. The monoisotopic (exact) mass is 471 g/mol. The van der Waals surface area contributed by atoms with Crippen molar-refractivity contribution in [1.29, 1.82) is 0 Å². The number of pyridine rings is 1. The zero-order valence-corrected chi connectivity index (χ0v) is 19.0. The molecule has 0 amide bonds. The molecule has 0 aliphatic carbocycles. The first-order valence-corrected chi connectivity index (χ1v) is 11.5. The summed E-state index contributed by atoms with van der Waals surface area (Å²) in [5.74, 6) is 0.316. The number of hydrogen-bond donors (Lipinski definition) is 3. The summed E-state index contributed by atoms with van der Waals surface area (Å²) in [5.41, 5.74) is 2.75. The highest BCUT2D eigenvalue weighted by Crippen LogP contribution is 2.27. The van der Waals surface area contributed by atoms with Crippen molar-refractivity contribution in [3.63, 3.8) is 0 Å². The van der Waals surface area contributed by atoms with E-state index >= 15 is 0 Å². The van der Waals surface area contributed by atoms with Crippen LogP contribution in [0.4, 0.5) is 5.82 Å². The molecule has 4 aromatic rings. The van der Waals surface area contributed by atoms with E-state index in [0.29, 0.717) is 40.3 Å². The molecule has 1 fully saturated rings. The third-order valence-corrected chi connectivity index (χ3v) is 6.16. The number of aromatic nitrogens is 4. The summed E-state index contributed by atoms with van der Waals surface area (Å²) in [4.78, 5) is 41.6. The SMILES string of the molecule is O=C(Cc1ccc(C(=O)c2c[nH]c3ncnc(NC4CCC(CO)OC4)c23)cc1)c1ccccn1. The highest BCUT2D eigenvalue weighted by atomic mass is 16.5. The fourth-order valence-electron chi connectivity index (χ4n) is 4.24. The lowest BCUT2D eigenvalue weighted by atomic mass is 9.99. The maximum Gasteiger partial charge on any atom is 0.195 e. The van der Waals surface area contributed by atoms with Gasteiger partial charge in [-0.2, -0.15) is 0 Å². The van der Waals surface area contributed by atoms with Crippen molar-refractivity contribution in [3.8, 4) is 0 Å². The second-order valence-corrected chi connectivity index (χ2v) is 8.55. The number of nitrogens with one attached hydrogen (secondary N) is 2. The number of carbonyl (C=O) groups is 2. The molecule has 35 heavy (non-hydrogen) atoms. The predicted octanol–water partition coefficient (Wildman–Crippen LogP) is 2.96. The van der Waals surface area contributed by atoms with E-state index in [-0.39, 0.29) is 36.7 Å². The number of ketones is 2. The molecule has 178 valence electrons. The molecule has 1 aliphatic rings. The Balaban J connectivity index is 1.34. The van der Waals surface area contributed by atoms with E-state index in [4.69, 9.17) is 4.74 Å². The summed E-state index contributed by atoms with van der Waals surface area (Å²) in [5, 5.41) is 13.3.